The highest BCUT2D eigenvalue weighted by Crippen LogP contribution is 1.98. The molecule has 1 rings (SSSR count). The quantitative estimate of drug-likeness (QED) is 0.640. The van der Waals surface area contributed by atoms with Crippen molar-refractivity contribution in [3.8, 4) is 0 Å². The van der Waals surface area contributed by atoms with Crippen LogP contribution in [0.1, 0.15) is 12.2 Å². The van der Waals surface area contributed by atoms with E-state index in [4.69, 9.17) is 11.6 Å². The third kappa shape index (κ3) is 2.11. The van der Waals surface area contributed by atoms with Crippen LogP contribution in [-0.2, 0) is 12.4 Å². The minimum absolute atomic E-state index is 0.263. The van der Waals surface area contributed by atoms with Crippen molar-refractivity contribution in [2.45, 2.75) is 18.8 Å². The van der Waals surface area contributed by atoms with Gasteiger partial charge >= 0.3 is 0 Å². The van der Waals surface area contributed by atoms with Crippen molar-refractivity contribution in [3.05, 3.63) is 5.82 Å². The van der Waals surface area contributed by atoms with Crippen molar-refractivity contribution in [1.82, 2.24) is 20.2 Å². The summed E-state index contributed by atoms with van der Waals surface area (Å²) in [5, 5.41) is 10.7. The average Bonchev–Trinajstić information content (AvgIpc) is 2.47. The molecule has 0 atom stereocenters. The summed E-state index contributed by atoms with van der Waals surface area (Å²) in [6.07, 6.45) is 0.426. The largest absolute Gasteiger partial charge is 0.251 e. The number of tetrazole rings is 1. The Morgan fingerprint density at radius 3 is 3.00 bits per heavy atom. The second kappa shape index (κ2) is 4.23. The first-order valence-corrected chi connectivity index (χ1v) is 3.79. The van der Waals surface area contributed by atoms with Gasteiger partial charge < -0.3 is 0 Å². The van der Waals surface area contributed by atoms with Crippen molar-refractivity contribution >= 4 is 11.6 Å². The topological polar surface area (TPSA) is 43.6 Å². The molecule has 0 fully saturated rings. The number of alkyl halides is 2. The zero-order valence-electron chi connectivity index (χ0n) is 5.87. The molecule has 4 nitrogen and oxygen atoms in total. The van der Waals surface area contributed by atoms with Gasteiger partial charge in [0.1, 0.15) is 0 Å². The molecule has 0 saturated carbocycles. The molecule has 0 amide bonds. The van der Waals surface area contributed by atoms with E-state index in [1.54, 1.807) is 0 Å². The smallest absolute Gasteiger partial charge is 0.165 e. The van der Waals surface area contributed by atoms with Gasteiger partial charge in [0.2, 0.25) is 0 Å². The van der Waals surface area contributed by atoms with Crippen LogP contribution >= 0.6 is 11.6 Å². The fourth-order valence-electron chi connectivity index (χ4n) is 0.702. The fraction of sp³-hybridized carbons (Fsp3) is 0.800. The Kier molecular flexibility index (Phi) is 3.22. The van der Waals surface area contributed by atoms with Crippen molar-refractivity contribution in [2.75, 3.05) is 6.67 Å². The maximum atomic E-state index is 11.7. The van der Waals surface area contributed by atoms with Crippen molar-refractivity contribution < 1.29 is 4.39 Å². The Labute approximate surface area is 68.3 Å². The Morgan fingerprint density at radius 2 is 2.36 bits per heavy atom. The molecule has 0 aromatic carbocycles. The second-order valence-corrected chi connectivity index (χ2v) is 2.26. The molecule has 0 saturated heterocycles. The van der Waals surface area contributed by atoms with Gasteiger partial charge in [0.15, 0.2) is 5.82 Å². The fourth-order valence-corrected chi connectivity index (χ4v) is 0.894. The molecular formula is C5H8ClFN4. The van der Waals surface area contributed by atoms with E-state index in [-0.39, 0.29) is 12.6 Å². The molecule has 0 bridgehead atoms. The van der Waals surface area contributed by atoms with E-state index in [0.29, 0.717) is 18.8 Å². The molecule has 1 aromatic rings. The SMILES string of the molecule is FCCCn1nnnc1CCl. The van der Waals surface area contributed by atoms with Gasteiger partial charge in [-0.25, -0.2) is 4.68 Å². The molecule has 0 N–H and O–H groups in total. The number of rotatable bonds is 4. The van der Waals surface area contributed by atoms with Crippen molar-refractivity contribution in [2.24, 2.45) is 0 Å². The monoisotopic (exact) mass is 178 g/mol. The highest BCUT2D eigenvalue weighted by atomic mass is 35.5. The van der Waals surface area contributed by atoms with Crippen LogP contribution in [0, 0.1) is 0 Å². The van der Waals surface area contributed by atoms with Gasteiger partial charge in [0.05, 0.1) is 12.6 Å². The number of aryl methyl sites for hydroxylation is 1. The van der Waals surface area contributed by atoms with Crippen LogP contribution in [0.5, 0.6) is 0 Å². The second-order valence-electron chi connectivity index (χ2n) is 1.99. The summed E-state index contributed by atoms with van der Waals surface area (Å²) in [4.78, 5) is 0. The maximum Gasteiger partial charge on any atom is 0.165 e. The number of nitrogens with zero attached hydrogens (tertiary/aromatic N) is 4. The Hall–Kier alpha value is -0.710. The number of halogens is 2. The number of hydrogen-bond acceptors (Lipinski definition) is 3. The molecule has 0 spiro atoms. The summed E-state index contributed by atoms with van der Waals surface area (Å²) >= 11 is 5.50. The van der Waals surface area contributed by atoms with Crippen LogP contribution < -0.4 is 0 Å². The van der Waals surface area contributed by atoms with E-state index < -0.39 is 0 Å². The summed E-state index contributed by atoms with van der Waals surface area (Å²) in [6.45, 7) is 0.132. The lowest BCUT2D eigenvalue weighted by molar-refractivity contribution is 0.427. The molecular weight excluding hydrogens is 171 g/mol. The minimum Gasteiger partial charge on any atom is -0.251 e. The first-order chi connectivity index (χ1) is 5.38. The van der Waals surface area contributed by atoms with Crippen LogP contribution in [-0.4, -0.2) is 26.9 Å². The molecule has 0 aliphatic heterocycles. The summed E-state index contributed by atoms with van der Waals surface area (Å²) in [5.74, 6) is 0.847. The van der Waals surface area contributed by atoms with E-state index in [9.17, 15) is 4.39 Å². The molecule has 0 unspecified atom stereocenters. The lowest BCUT2D eigenvalue weighted by Gasteiger charge is -1.97. The normalized spacial score (nSPS) is 10.4. The Morgan fingerprint density at radius 1 is 1.55 bits per heavy atom. The van der Waals surface area contributed by atoms with Crippen molar-refractivity contribution in [1.29, 1.82) is 0 Å². The van der Waals surface area contributed by atoms with Gasteiger partial charge in [0, 0.05) is 6.54 Å². The summed E-state index contributed by atoms with van der Waals surface area (Å²) in [6, 6.07) is 0. The van der Waals surface area contributed by atoms with E-state index >= 15 is 0 Å². The predicted octanol–water partition coefficient (Wildman–Crippen LogP) is 0.771. The standard InChI is InChI=1S/C5H8ClFN4/c6-4-5-8-9-10-11(5)3-1-2-7/h1-4H2. The van der Waals surface area contributed by atoms with Crippen LogP contribution in [0.25, 0.3) is 0 Å². The summed E-state index contributed by atoms with van der Waals surface area (Å²) < 4.78 is 13.2. The first kappa shape index (κ1) is 8.39. The van der Waals surface area contributed by atoms with Crippen LogP contribution in [0.2, 0.25) is 0 Å². The van der Waals surface area contributed by atoms with Gasteiger partial charge in [-0.05, 0) is 16.8 Å². The predicted molar refractivity (Wildman–Crippen MR) is 38.0 cm³/mol. The van der Waals surface area contributed by atoms with Gasteiger partial charge in [-0.15, -0.1) is 16.7 Å². The molecule has 1 heterocycles. The minimum atomic E-state index is -0.360. The van der Waals surface area contributed by atoms with Gasteiger partial charge in [0.25, 0.3) is 0 Å². The zero-order chi connectivity index (χ0) is 8.10. The van der Waals surface area contributed by atoms with Gasteiger partial charge in [-0.2, -0.15) is 0 Å². The Bertz CT molecular complexity index is 214. The van der Waals surface area contributed by atoms with E-state index in [1.807, 2.05) is 0 Å². The molecule has 1 aromatic heterocycles. The van der Waals surface area contributed by atoms with Gasteiger partial charge in [-0.3, -0.25) is 4.39 Å². The average molecular weight is 179 g/mol. The zero-order valence-corrected chi connectivity index (χ0v) is 6.63. The highest BCUT2D eigenvalue weighted by molar-refractivity contribution is 6.16. The van der Waals surface area contributed by atoms with Crippen LogP contribution in [0.15, 0.2) is 0 Å². The molecule has 0 radical (unpaired) electrons. The number of aromatic nitrogens is 4. The van der Waals surface area contributed by atoms with Gasteiger partial charge in [-0.1, -0.05) is 0 Å². The van der Waals surface area contributed by atoms with E-state index in [0.717, 1.165) is 0 Å². The molecule has 0 aliphatic carbocycles. The lowest BCUT2D eigenvalue weighted by Crippen LogP contribution is -2.05. The van der Waals surface area contributed by atoms with Crippen molar-refractivity contribution in [3.63, 3.8) is 0 Å². The number of hydrogen-bond donors (Lipinski definition) is 0. The molecule has 11 heavy (non-hydrogen) atoms. The van der Waals surface area contributed by atoms with E-state index in [1.165, 1.54) is 4.68 Å². The van der Waals surface area contributed by atoms with E-state index in [2.05, 4.69) is 15.5 Å². The lowest BCUT2D eigenvalue weighted by atomic mass is 10.5. The molecule has 0 aliphatic rings. The summed E-state index contributed by atoms with van der Waals surface area (Å²) in [5.41, 5.74) is 0. The highest BCUT2D eigenvalue weighted by Gasteiger charge is 2.02. The molecule has 62 valence electrons. The third-order valence-electron chi connectivity index (χ3n) is 1.23. The Balaban J connectivity index is 2.54. The van der Waals surface area contributed by atoms with Crippen LogP contribution in [0.4, 0.5) is 4.39 Å². The summed E-state index contributed by atoms with van der Waals surface area (Å²) in [7, 11) is 0. The third-order valence-corrected chi connectivity index (χ3v) is 1.47. The maximum absolute atomic E-state index is 11.7. The van der Waals surface area contributed by atoms with Crippen LogP contribution in [0.3, 0.4) is 0 Å². The first-order valence-electron chi connectivity index (χ1n) is 3.25. The molecule has 6 heteroatoms.